The van der Waals surface area contributed by atoms with Crippen LogP contribution in [0.1, 0.15) is 33.0 Å². The second-order valence-corrected chi connectivity index (χ2v) is 5.71. The lowest BCUT2D eigenvalue weighted by molar-refractivity contribution is -0.00536. The lowest BCUT2D eigenvalue weighted by atomic mass is 10.1. The molecular formula is C13H15N3O3S. The summed E-state index contributed by atoms with van der Waals surface area (Å²) in [6.07, 6.45) is 1.30. The van der Waals surface area contributed by atoms with E-state index < -0.39 is 0 Å². The number of carbonyl (C=O) groups excluding carboxylic acids is 1. The van der Waals surface area contributed by atoms with E-state index in [-0.39, 0.29) is 11.9 Å². The van der Waals surface area contributed by atoms with Crippen molar-refractivity contribution in [1.82, 2.24) is 14.9 Å². The van der Waals surface area contributed by atoms with Crippen molar-refractivity contribution < 1.29 is 13.9 Å². The van der Waals surface area contributed by atoms with Crippen molar-refractivity contribution in [3.8, 4) is 0 Å². The highest BCUT2D eigenvalue weighted by molar-refractivity contribution is 7.09. The first-order valence-corrected chi connectivity index (χ1v) is 7.25. The average molecular weight is 293 g/mol. The summed E-state index contributed by atoms with van der Waals surface area (Å²) < 4.78 is 10.7. The van der Waals surface area contributed by atoms with Crippen LogP contribution in [0, 0.1) is 13.8 Å². The molecule has 1 aliphatic rings. The molecule has 0 N–H and O–H groups in total. The van der Waals surface area contributed by atoms with Crippen LogP contribution in [0.4, 0.5) is 0 Å². The van der Waals surface area contributed by atoms with E-state index in [4.69, 9.17) is 9.15 Å². The summed E-state index contributed by atoms with van der Waals surface area (Å²) in [5.41, 5.74) is 1.48. The van der Waals surface area contributed by atoms with Crippen LogP contribution in [0.5, 0.6) is 0 Å². The number of aromatic nitrogens is 2. The van der Waals surface area contributed by atoms with Crippen molar-refractivity contribution in [1.29, 1.82) is 0 Å². The molecular weight excluding hydrogens is 278 g/mol. The summed E-state index contributed by atoms with van der Waals surface area (Å²) in [6, 6.07) is -0.161. The van der Waals surface area contributed by atoms with E-state index in [1.807, 2.05) is 12.3 Å². The predicted octanol–water partition coefficient (Wildman–Crippen LogP) is 1.96. The largest absolute Gasteiger partial charge is 0.438 e. The Morgan fingerprint density at radius 3 is 3.00 bits per heavy atom. The van der Waals surface area contributed by atoms with Crippen molar-refractivity contribution in [2.45, 2.75) is 19.9 Å². The maximum atomic E-state index is 12.6. The Morgan fingerprint density at radius 2 is 2.35 bits per heavy atom. The van der Waals surface area contributed by atoms with Crippen molar-refractivity contribution in [2.75, 3.05) is 19.8 Å². The Balaban J connectivity index is 1.89. The second kappa shape index (κ2) is 5.34. The number of aryl methyl sites for hydroxylation is 2. The normalized spacial score (nSPS) is 19.3. The number of nitrogens with zero attached hydrogens (tertiary/aromatic N) is 3. The molecule has 1 fully saturated rings. The number of amides is 1. The van der Waals surface area contributed by atoms with Crippen LogP contribution in [-0.2, 0) is 4.74 Å². The number of morpholine rings is 1. The highest BCUT2D eigenvalue weighted by Gasteiger charge is 2.33. The van der Waals surface area contributed by atoms with Crippen LogP contribution in [0.3, 0.4) is 0 Å². The van der Waals surface area contributed by atoms with E-state index in [1.165, 1.54) is 6.39 Å². The van der Waals surface area contributed by atoms with Crippen LogP contribution in [-0.4, -0.2) is 40.5 Å². The van der Waals surface area contributed by atoms with E-state index in [9.17, 15) is 4.79 Å². The van der Waals surface area contributed by atoms with E-state index in [0.29, 0.717) is 31.2 Å². The van der Waals surface area contributed by atoms with Gasteiger partial charge >= 0.3 is 0 Å². The van der Waals surface area contributed by atoms with Gasteiger partial charge in [0.25, 0.3) is 5.91 Å². The molecule has 3 heterocycles. The zero-order valence-corrected chi connectivity index (χ0v) is 12.1. The van der Waals surface area contributed by atoms with Gasteiger partial charge in [-0.25, -0.2) is 9.97 Å². The van der Waals surface area contributed by atoms with Gasteiger partial charge in [-0.15, -0.1) is 11.3 Å². The second-order valence-electron chi connectivity index (χ2n) is 4.65. The first-order valence-electron chi connectivity index (χ1n) is 6.37. The van der Waals surface area contributed by atoms with Crippen molar-refractivity contribution in [3.63, 3.8) is 0 Å². The summed E-state index contributed by atoms with van der Waals surface area (Å²) in [6.45, 7) is 5.23. The highest BCUT2D eigenvalue weighted by Crippen LogP contribution is 2.27. The number of hydrogen-bond acceptors (Lipinski definition) is 6. The van der Waals surface area contributed by atoms with Gasteiger partial charge < -0.3 is 14.1 Å². The third-order valence-electron chi connectivity index (χ3n) is 3.31. The number of hydrogen-bond donors (Lipinski definition) is 0. The maximum absolute atomic E-state index is 12.6. The summed E-state index contributed by atoms with van der Waals surface area (Å²) in [4.78, 5) is 22.8. The number of ether oxygens (including phenoxy) is 1. The molecule has 0 aliphatic carbocycles. The first kappa shape index (κ1) is 13.3. The molecule has 0 saturated carbocycles. The first-order chi connectivity index (χ1) is 9.66. The Morgan fingerprint density at radius 1 is 1.50 bits per heavy atom. The summed E-state index contributed by atoms with van der Waals surface area (Å²) in [5.74, 6) is 0.141. The van der Waals surface area contributed by atoms with Gasteiger partial charge in [0.05, 0.1) is 35.7 Å². The molecule has 0 aromatic carbocycles. The number of carbonyl (C=O) groups is 1. The highest BCUT2D eigenvalue weighted by atomic mass is 32.1. The van der Waals surface area contributed by atoms with Crippen LogP contribution < -0.4 is 0 Å². The molecule has 2 aromatic rings. The quantitative estimate of drug-likeness (QED) is 0.846. The minimum Gasteiger partial charge on any atom is -0.438 e. The van der Waals surface area contributed by atoms with E-state index >= 15 is 0 Å². The van der Waals surface area contributed by atoms with Gasteiger partial charge in [0.1, 0.15) is 0 Å². The molecule has 1 atom stereocenters. The average Bonchev–Trinajstić information content (AvgIpc) is 3.07. The summed E-state index contributed by atoms with van der Waals surface area (Å²) in [7, 11) is 0. The summed E-state index contributed by atoms with van der Waals surface area (Å²) in [5, 5.41) is 2.95. The minimum atomic E-state index is -0.161. The fraction of sp³-hybridized carbons (Fsp3) is 0.462. The standard InChI is InChI=1S/C13H15N3O3S/c1-8-12(19-7-14-8)13(17)16-3-4-18-5-11(16)10-6-20-9(2)15-10/h6-7,11H,3-5H2,1-2H3/t11-/m0/s1. The SMILES string of the molecule is Cc1nc([C@@H]2COCCN2C(=O)c2ocnc2C)cs1. The molecule has 2 aromatic heterocycles. The molecule has 1 aliphatic heterocycles. The molecule has 7 heteroatoms. The van der Waals surface area contributed by atoms with Crippen LogP contribution in [0.25, 0.3) is 0 Å². The van der Waals surface area contributed by atoms with Gasteiger partial charge in [-0.05, 0) is 13.8 Å². The molecule has 1 amide bonds. The van der Waals surface area contributed by atoms with Crippen LogP contribution in [0.15, 0.2) is 16.2 Å². The van der Waals surface area contributed by atoms with Gasteiger partial charge in [0.15, 0.2) is 6.39 Å². The van der Waals surface area contributed by atoms with Crippen LogP contribution in [0.2, 0.25) is 0 Å². The molecule has 0 bridgehead atoms. The Kier molecular flexibility index (Phi) is 3.54. The predicted molar refractivity (Wildman–Crippen MR) is 72.7 cm³/mol. The molecule has 0 radical (unpaired) electrons. The lowest BCUT2D eigenvalue weighted by Crippen LogP contribution is -2.43. The Hall–Kier alpha value is -1.73. The third kappa shape index (κ3) is 2.34. The monoisotopic (exact) mass is 293 g/mol. The van der Waals surface area contributed by atoms with Crippen LogP contribution >= 0.6 is 11.3 Å². The molecule has 0 spiro atoms. The van der Waals surface area contributed by atoms with Crippen molar-refractivity contribution >= 4 is 17.2 Å². The fourth-order valence-corrected chi connectivity index (χ4v) is 2.92. The molecule has 3 rings (SSSR count). The number of thiazole rings is 1. The molecule has 0 unspecified atom stereocenters. The van der Waals surface area contributed by atoms with E-state index in [1.54, 1.807) is 23.2 Å². The molecule has 106 valence electrons. The zero-order valence-electron chi connectivity index (χ0n) is 11.3. The van der Waals surface area contributed by atoms with Gasteiger partial charge in [0.2, 0.25) is 5.76 Å². The van der Waals surface area contributed by atoms with Gasteiger partial charge in [-0.2, -0.15) is 0 Å². The maximum Gasteiger partial charge on any atom is 0.292 e. The molecule has 6 nitrogen and oxygen atoms in total. The topological polar surface area (TPSA) is 68.5 Å². The fourth-order valence-electron chi connectivity index (χ4n) is 2.26. The van der Waals surface area contributed by atoms with Crippen molar-refractivity contribution in [2.24, 2.45) is 0 Å². The molecule has 1 saturated heterocycles. The van der Waals surface area contributed by atoms with Crippen molar-refractivity contribution in [3.05, 3.63) is 33.9 Å². The number of oxazole rings is 1. The van der Waals surface area contributed by atoms with Gasteiger partial charge in [-0.3, -0.25) is 4.79 Å². The zero-order chi connectivity index (χ0) is 14.1. The van der Waals surface area contributed by atoms with Gasteiger partial charge in [-0.1, -0.05) is 0 Å². The third-order valence-corrected chi connectivity index (χ3v) is 4.10. The summed E-state index contributed by atoms with van der Waals surface area (Å²) >= 11 is 1.57. The Labute approximate surface area is 120 Å². The van der Waals surface area contributed by atoms with E-state index in [0.717, 1.165) is 10.7 Å². The molecule has 20 heavy (non-hydrogen) atoms. The minimum absolute atomic E-state index is 0.154. The number of rotatable bonds is 2. The smallest absolute Gasteiger partial charge is 0.292 e. The van der Waals surface area contributed by atoms with Gasteiger partial charge in [0, 0.05) is 11.9 Å². The van der Waals surface area contributed by atoms with E-state index in [2.05, 4.69) is 9.97 Å². The lowest BCUT2D eigenvalue weighted by Gasteiger charge is -2.34. The Bertz CT molecular complexity index is 622.